The number of hydrogen-bond acceptors (Lipinski definition) is 3. The fourth-order valence-corrected chi connectivity index (χ4v) is 2.78. The number of carboxylic acids is 1. The average Bonchev–Trinajstić information content (AvgIpc) is 2.45. The zero-order valence-electron chi connectivity index (χ0n) is 11.7. The SMILES string of the molecule is CS(=O)CCNC(=O)N1Cc2ccccc2C(C(=O)O)C1. The Hall–Kier alpha value is -1.89. The van der Waals surface area contributed by atoms with Gasteiger partial charge in [-0.25, -0.2) is 4.79 Å². The van der Waals surface area contributed by atoms with Gasteiger partial charge >= 0.3 is 12.0 Å². The Labute approximate surface area is 125 Å². The van der Waals surface area contributed by atoms with E-state index in [1.54, 1.807) is 18.4 Å². The monoisotopic (exact) mass is 310 g/mol. The maximum absolute atomic E-state index is 12.1. The first-order valence-corrected chi connectivity index (χ1v) is 8.35. The molecule has 2 atom stereocenters. The maximum atomic E-state index is 12.1. The molecule has 7 heteroatoms. The summed E-state index contributed by atoms with van der Waals surface area (Å²) < 4.78 is 11.0. The van der Waals surface area contributed by atoms with Crippen molar-refractivity contribution in [3.05, 3.63) is 35.4 Å². The van der Waals surface area contributed by atoms with Crippen molar-refractivity contribution in [1.82, 2.24) is 10.2 Å². The molecule has 2 N–H and O–H groups in total. The van der Waals surface area contributed by atoms with Crippen molar-refractivity contribution in [2.75, 3.05) is 25.1 Å². The standard InChI is InChI=1S/C14H18N2O4S/c1-21(20)7-6-15-14(19)16-8-10-4-2-3-5-11(10)12(9-16)13(17)18/h2-5,12H,6-9H2,1H3,(H,15,19)(H,17,18). The van der Waals surface area contributed by atoms with Crippen LogP contribution in [0.2, 0.25) is 0 Å². The molecule has 21 heavy (non-hydrogen) atoms. The second kappa shape index (κ2) is 6.71. The number of nitrogens with one attached hydrogen (secondary N) is 1. The lowest BCUT2D eigenvalue weighted by Gasteiger charge is -2.32. The second-order valence-corrected chi connectivity index (χ2v) is 6.53. The van der Waals surface area contributed by atoms with E-state index in [0.717, 1.165) is 11.1 Å². The topological polar surface area (TPSA) is 86.7 Å². The Morgan fingerprint density at radius 2 is 2.14 bits per heavy atom. The first-order chi connectivity index (χ1) is 9.99. The van der Waals surface area contributed by atoms with E-state index < -0.39 is 22.7 Å². The minimum atomic E-state index is -0.965. The van der Waals surface area contributed by atoms with Gasteiger partial charge in [-0.2, -0.15) is 0 Å². The zero-order chi connectivity index (χ0) is 15.4. The number of carbonyl (C=O) groups excluding carboxylic acids is 1. The first kappa shape index (κ1) is 15.5. The lowest BCUT2D eigenvalue weighted by atomic mass is 9.90. The molecule has 0 fully saturated rings. The fraction of sp³-hybridized carbons (Fsp3) is 0.429. The number of hydrogen-bond donors (Lipinski definition) is 2. The van der Waals surface area contributed by atoms with Gasteiger partial charge in [0.25, 0.3) is 0 Å². The molecule has 2 unspecified atom stereocenters. The van der Waals surface area contributed by atoms with Crippen molar-refractivity contribution in [1.29, 1.82) is 0 Å². The number of benzene rings is 1. The number of aliphatic carboxylic acids is 1. The number of carbonyl (C=O) groups is 2. The molecule has 1 aliphatic rings. The van der Waals surface area contributed by atoms with Crippen molar-refractivity contribution in [2.24, 2.45) is 0 Å². The van der Waals surface area contributed by atoms with Crippen LogP contribution in [0.5, 0.6) is 0 Å². The van der Waals surface area contributed by atoms with Crippen LogP contribution in [0.25, 0.3) is 0 Å². The number of rotatable bonds is 4. The van der Waals surface area contributed by atoms with E-state index >= 15 is 0 Å². The molecule has 0 saturated carbocycles. The van der Waals surface area contributed by atoms with E-state index in [1.165, 1.54) is 4.90 Å². The molecule has 1 aliphatic heterocycles. The number of carboxylic acid groups (broad SMARTS) is 1. The molecule has 0 radical (unpaired) electrons. The molecule has 1 heterocycles. The molecule has 2 rings (SSSR count). The molecular formula is C14H18N2O4S. The van der Waals surface area contributed by atoms with Gasteiger partial charge in [-0.15, -0.1) is 0 Å². The lowest BCUT2D eigenvalue weighted by molar-refractivity contribution is -0.139. The molecule has 0 spiro atoms. The summed E-state index contributed by atoms with van der Waals surface area (Å²) in [5, 5.41) is 12.0. The van der Waals surface area contributed by atoms with Gasteiger partial charge in [-0.3, -0.25) is 9.00 Å². The van der Waals surface area contributed by atoms with Gasteiger partial charge in [0.2, 0.25) is 0 Å². The van der Waals surface area contributed by atoms with E-state index in [9.17, 15) is 18.9 Å². The first-order valence-electron chi connectivity index (χ1n) is 6.62. The highest BCUT2D eigenvalue weighted by Gasteiger charge is 2.32. The predicted molar refractivity (Wildman–Crippen MR) is 79.6 cm³/mol. The molecule has 6 nitrogen and oxygen atoms in total. The highest BCUT2D eigenvalue weighted by Crippen LogP contribution is 2.28. The van der Waals surface area contributed by atoms with Crippen LogP contribution in [-0.2, 0) is 22.1 Å². The summed E-state index contributed by atoms with van der Waals surface area (Å²) in [6, 6.07) is 6.96. The summed E-state index contributed by atoms with van der Waals surface area (Å²) in [6.45, 7) is 0.853. The van der Waals surface area contributed by atoms with Crippen LogP contribution in [0.4, 0.5) is 4.79 Å². The maximum Gasteiger partial charge on any atom is 0.317 e. The molecule has 114 valence electrons. The van der Waals surface area contributed by atoms with Crippen LogP contribution < -0.4 is 5.32 Å². The normalized spacial score (nSPS) is 18.7. The van der Waals surface area contributed by atoms with E-state index in [4.69, 9.17) is 0 Å². The summed E-state index contributed by atoms with van der Waals surface area (Å²) in [6.07, 6.45) is 1.57. The van der Waals surface area contributed by atoms with Crippen molar-refractivity contribution in [2.45, 2.75) is 12.5 Å². The minimum absolute atomic E-state index is 0.146. The smallest absolute Gasteiger partial charge is 0.317 e. The van der Waals surface area contributed by atoms with Gasteiger partial charge in [-0.05, 0) is 11.1 Å². The van der Waals surface area contributed by atoms with Gasteiger partial charge in [0.1, 0.15) is 0 Å². The van der Waals surface area contributed by atoms with Crippen LogP contribution in [0.1, 0.15) is 17.0 Å². The minimum Gasteiger partial charge on any atom is -0.481 e. The summed E-state index contributed by atoms with van der Waals surface area (Å²) in [7, 11) is -0.965. The molecule has 0 aliphatic carbocycles. The van der Waals surface area contributed by atoms with Crippen LogP contribution in [0.15, 0.2) is 24.3 Å². The van der Waals surface area contributed by atoms with Gasteiger partial charge in [0.05, 0.1) is 5.92 Å². The third kappa shape index (κ3) is 3.81. The Morgan fingerprint density at radius 3 is 2.81 bits per heavy atom. The summed E-state index contributed by atoms with van der Waals surface area (Å²) in [4.78, 5) is 25.0. The van der Waals surface area contributed by atoms with Gasteiger partial charge < -0.3 is 15.3 Å². The number of urea groups is 1. The molecule has 0 bridgehead atoms. The van der Waals surface area contributed by atoms with Gasteiger partial charge in [0, 0.05) is 42.4 Å². The summed E-state index contributed by atoms with van der Waals surface area (Å²) in [5.41, 5.74) is 1.62. The largest absolute Gasteiger partial charge is 0.481 e. The lowest BCUT2D eigenvalue weighted by Crippen LogP contribution is -2.46. The highest BCUT2D eigenvalue weighted by molar-refractivity contribution is 7.84. The molecule has 0 aromatic heterocycles. The Balaban J connectivity index is 2.08. The van der Waals surface area contributed by atoms with Crippen molar-refractivity contribution < 1.29 is 18.9 Å². The van der Waals surface area contributed by atoms with Crippen molar-refractivity contribution >= 4 is 22.8 Å². The number of amides is 2. The van der Waals surface area contributed by atoms with Crippen LogP contribution in [-0.4, -0.2) is 51.3 Å². The third-order valence-corrected chi connectivity index (χ3v) is 4.22. The van der Waals surface area contributed by atoms with Gasteiger partial charge in [-0.1, -0.05) is 24.3 Å². The Bertz CT molecular complexity index is 576. The quantitative estimate of drug-likeness (QED) is 0.859. The molecule has 2 amide bonds. The molecular weight excluding hydrogens is 292 g/mol. The molecule has 1 aromatic carbocycles. The number of fused-ring (bicyclic) bond motifs is 1. The summed E-state index contributed by atoms with van der Waals surface area (Å²) >= 11 is 0. The van der Waals surface area contributed by atoms with Crippen LogP contribution >= 0.6 is 0 Å². The molecule has 0 saturated heterocycles. The predicted octanol–water partition coefficient (Wildman–Crippen LogP) is 0.758. The van der Waals surface area contributed by atoms with Crippen LogP contribution in [0.3, 0.4) is 0 Å². The number of nitrogens with zero attached hydrogens (tertiary/aromatic N) is 1. The third-order valence-electron chi connectivity index (χ3n) is 3.45. The highest BCUT2D eigenvalue weighted by atomic mass is 32.2. The average molecular weight is 310 g/mol. The van der Waals surface area contributed by atoms with Crippen LogP contribution in [0, 0.1) is 0 Å². The van der Waals surface area contributed by atoms with Crippen molar-refractivity contribution in [3.63, 3.8) is 0 Å². The Kier molecular flexibility index (Phi) is 4.95. The fourth-order valence-electron chi connectivity index (χ4n) is 2.39. The van der Waals surface area contributed by atoms with E-state index in [-0.39, 0.29) is 12.6 Å². The van der Waals surface area contributed by atoms with Gasteiger partial charge in [0.15, 0.2) is 0 Å². The summed E-state index contributed by atoms with van der Waals surface area (Å²) in [5.74, 6) is -1.26. The zero-order valence-corrected chi connectivity index (χ0v) is 12.6. The second-order valence-electron chi connectivity index (χ2n) is 4.98. The Morgan fingerprint density at radius 1 is 1.43 bits per heavy atom. The van der Waals surface area contributed by atoms with E-state index in [1.807, 2.05) is 12.1 Å². The van der Waals surface area contributed by atoms with Crippen molar-refractivity contribution in [3.8, 4) is 0 Å². The molecule has 1 aromatic rings. The van der Waals surface area contributed by atoms with E-state index in [0.29, 0.717) is 18.8 Å². The van der Waals surface area contributed by atoms with E-state index in [2.05, 4.69) is 5.32 Å².